The quantitative estimate of drug-likeness (QED) is 0.0322. The van der Waals surface area contributed by atoms with Gasteiger partial charge in [0, 0.05) is 6.42 Å². The molecule has 0 aromatic rings. The number of hydrogen-bond acceptors (Lipinski definition) is 5. The number of hydrogen-bond donors (Lipinski definition) is 3. The van der Waals surface area contributed by atoms with Crippen LogP contribution in [0.2, 0.25) is 0 Å². The molecule has 0 aromatic carbocycles. The molecule has 0 aromatic heterocycles. The molecule has 3 atom stereocenters. The van der Waals surface area contributed by atoms with E-state index in [0.717, 1.165) is 83.5 Å². The van der Waals surface area contributed by atoms with E-state index in [-0.39, 0.29) is 24.9 Å². The molecule has 3 unspecified atom stereocenters. The van der Waals surface area contributed by atoms with Crippen LogP contribution < -0.4 is 5.32 Å². The summed E-state index contributed by atoms with van der Waals surface area (Å²) in [6, 6.07) is -0.736. The predicted molar refractivity (Wildman–Crippen MR) is 268 cm³/mol. The smallest absolute Gasteiger partial charge is 0.306 e. The third kappa shape index (κ3) is 43.2. The van der Waals surface area contributed by atoms with E-state index in [1.807, 2.05) is 66.8 Å². The highest BCUT2D eigenvalue weighted by Crippen LogP contribution is 2.17. The zero-order chi connectivity index (χ0) is 45.2. The molecule has 0 aliphatic heterocycles. The summed E-state index contributed by atoms with van der Waals surface area (Å²) in [7, 11) is 0. The minimum Gasteiger partial charge on any atom is -0.462 e. The first-order chi connectivity index (χ1) is 30.5. The van der Waals surface area contributed by atoms with Crippen molar-refractivity contribution in [3.8, 4) is 0 Å². The average Bonchev–Trinajstić information content (AvgIpc) is 3.26. The van der Waals surface area contributed by atoms with Gasteiger partial charge in [0.1, 0.15) is 6.10 Å². The van der Waals surface area contributed by atoms with Crippen molar-refractivity contribution in [3.05, 3.63) is 109 Å². The van der Waals surface area contributed by atoms with Crippen LogP contribution in [0.25, 0.3) is 0 Å². The lowest BCUT2D eigenvalue weighted by Gasteiger charge is -2.24. The fourth-order valence-corrected chi connectivity index (χ4v) is 7.06. The first kappa shape index (κ1) is 58.5. The van der Waals surface area contributed by atoms with Gasteiger partial charge in [0.05, 0.1) is 25.2 Å². The maximum atomic E-state index is 13.2. The summed E-state index contributed by atoms with van der Waals surface area (Å²) in [6.45, 7) is 6.17. The van der Waals surface area contributed by atoms with Gasteiger partial charge in [-0.25, -0.2) is 0 Å². The molecule has 352 valence electrons. The van der Waals surface area contributed by atoms with Crippen LogP contribution in [0, 0.1) is 0 Å². The standard InChI is InChI=1S/C56H93NO5/c1-4-7-10-13-16-19-22-25-27-30-33-36-39-42-45-48-54(59)53(51-58)57-55(60)50-52(47-44-41-38-35-32-29-24-21-18-15-12-9-6-3)62-56(61)49-46-43-40-37-34-31-28-26-23-20-17-14-11-8-5-2/h8-9,11-12,14-15,17-18,20-21,23-24,26,28-29,32,35,38,52-54,58-59H,4-7,10,13,16,19,22,25,27,30-31,33-34,36-37,39-51H2,1-3H3,(H,57,60)/b11-8+,12-9+,17-14+,18-15+,23-20+,24-21-,28-26-,32-29-,38-35+. The van der Waals surface area contributed by atoms with E-state index in [2.05, 4.69) is 68.6 Å². The molecule has 62 heavy (non-hydrogen) atoms. The second-order valence-electron chi connectivity index (χ2n) is 16.7. The van der Waals surface area contributed by atoms with Crippen molar-refractivity contribution in [2.75, 3.05) is 6.61 Å². The fraction of sp³-hybridized carbons (Fsp3) is 0.643. The number of rotatable bonds is 43. The van der Waals surface area contributed by atoms with Crippen molar-refractivity contribution < 1.29 is 24.5 Å². The van der Waals surface area contributed by atoms with Gasteiger partial charge in [-0.1, -0.05) is 246 Å². The fourth-order valence-electron chi connectivity index (χ4n) is 7.06. The number of carbonyl (C=O) groups is 2. The molecule has 0 saturated heterocycles. The molecule has 0 spiro atoms. The van der Waals surface area contributed by atoms with Crippen LogP contribution in [0.5, 0.6) is 0 Å². The van der Waals surface area contributed by atoms with E-state index in [0.29, 0.717) is 19.3 Å². The van der Waals surface area contributed by atoms with Crippen LogP contribution in [0.1, 0.15) is 207 Å². The summed E-state index contributed by atoms with van der Waals surface area (Å²) < 4.78 is 5.88. The number of nitrogens with one attached hydrogen (secondary N) is 1. The van der Waals surface area contributed by atoms with E-state index in [1.54, 1.807) is 0 Å². The van der Waals surface area contributed by atoms with Gasteiger partial charge in [-0.15, -0.1) is 0 Å². The minimum atomic E-state index is -0.817. The number of carbonyl (C=O) groups excluding carboxylic acids is 2. The summed E-state index contributed by atoms with van der Waals surface area (Å²) in [5.41, 5.74) is 0. The molecular formula is C56H93NO5. The Morgan fingerprint density at radius 2 is 0.887 bits per heavy atom. The maximum absolute atomic E-state index is 13.2. The molecule has 0 saturated carbocycles. The van der Waals surface area contributed by atoms with Crippen molar-refractivity contribution in [1.29, 1.82) is 0 Å². The molecule has 0 radical (unpaired) electrons. The van der Waals surface area contributed by atoms with Crippen LogP contribution in [-0.2, 0) is 14.3 Å². The van der Waals surface area contributed by atoms with Crippen molar-refractivity contribution in [2.24, 2.45) is 0 Å². The molecule has 3 N–H and O–H groups in total. The Kier molecular flexibility index (Phi) is 45.8. The molecule has 0 aliphatic rings. The highest BCUT2D eigenvalue weighted by molar-refractivity contribution is 5.77. The summed E-state index contributed by atoms with van der Waals surface area (Å²) in [4.78, 5) is 26.1. The van der Waals surface area contributed by atoms with Gasteiger partial charge < -0.3 is 20.3 Å². The summed E-state index contributed by atoms with van der Waals surface area (Å²) in [6.07, 6.45) is 65.8. The summed E-state index contributed by atoms with van der Waals surface area (Å²) in [5.74, 6) is -0.583. The highest BCUT2D eigenvalue weighted by atomic mass is 16.5. The summed E-state index contributed by atoms with van der Waals surface area (Å²) in [5, 5.41) is 23.7. The van der Waals surface area contributed by atoms with Gasteiger partial charge >= 0.3 is 5.97 Å². The van der Waals surface area contributed by atoms with Crippen LogP contribution >= 0.6 is 0 Å². The zero-order valence-corrected chi connectivity index (χ0v) is 40.0. The first-order valence-corrected chi connectivity index (χ1v) is 25.2. The molecule has 1 amide bonds. The van der Waals surface area contributed by atoms with E-state index in [1.165, 1.54) is 77.0 Å². The highest BCUT2D eigenvalue weighted by Gasteiger charge is 2.24. The van der Waals surface area contributed by atoms with E-state index in [4.69, 9.17) is 4.74 Å². The Balaban J connectivity index is 4.72. The Morgan fingerprint density at radius 1 is 0.484 bits per heavy atom. The number of aliphatic hydroxyl groups is 2. The predicted octanol–water partition coefficient (Wildman–Crippen LogP) is 15.1. The van der Waals surface area contributed by atoms with Crippen LogP contribution in [-0.4, -0.2) is 46.9 Å². The van der Waals surface area contributed by atoms with Gasteiger partial charge in [0.25, 0.3) is 0 Å². The Labute approximate surface area is 381 Å². The number of aliphatic hydroxyl groups excluding tert-OH is 2. The minimum absolute atomic E-state index is 0.0121. The van der Waals surface area contributed by atoms with E-state index in [9.17, 15) is 19.8 Å². The molecule has 0 fully saturated rings. The average molecular weight is 860 g/mol. The lowest BCUT2D eigenvalue weighted by molar-refractivity contribution is -0.151. The largest absolute Gasteiger partial charge is 0.462 e. The van der Waals surface area contributed by atoms with Crippen molar-refractivity contribution in [2.45, 2.75) is 225 Å². The number of allylic oxidation sites excluding steroid dienone is 18. The molecule has 0 bridgehead atoms. The molecular weight excluding hydrogens is 767 g/mol. The Hall–Kier alpha value is -3.48. The van der Waals surface area contributed by atoms with Crippen molar-refractivity contribution >= 4 is 11.9 Å². The monoisotopic (exact) mass is 860 g/mol. The van der Waals surface area contributed by atoms with Gasteiger partial charge in [-0.05, 0) is 57.8 Å². The molecule has 0 heterocycles. The number of amides is 1. The number of unbranched alkanes of at least 4 members (excludes halogenated alkanes) is 20. The third-order valence-corrected chi connectivity index (χ3v) is 10.8. The molecule has 0 aliphatic carbocycles. The van der Waals surface area contributed by atoms with E-state index < -0.39 is 18.2 Å². The van der Waals surface area contributed by atoms with Crippen LogP contribution in [0.4, 0.5) is 0 Å². The number of ether oxygens (including phenoxy) is 1. The first-order valence-electron chi connectivity index (χ1n) is 25.2. The van der Waals surface area contributed by atoms with Gasteiger partial charge in [0.2, 0.25) is 5.91 Å². The SMILES string of the molecule is CC/C=C/C=C/C=C\C=C/C=C/CCCC(CC(=O)NC(CO)C(O)CCCCCCCCCCCCCCCCC)OC(=O)CCCCCCC\C=C/C=C/C=C/C=C/CC. The van der Waals surface area contributed by atoms with Gasteiger partial charge in [-0.3, -0.25) is 9.59 Å². The normalized spacial score (nSPS) is 14.2. The van der Waals surface area contributed by atoms with E-state index >= 15 is 0 Å². The van der Waals surface area contributed by atoms with Crippen LogP contribution in [0.15, 0.2) is 109 Å². The lowest BCUT2D eigenvalue weighted by Crippen LogP contribution is -2.46. The Morgan fingerprint density at radius 3 is 1.35 bits per heavy atom. The van der Waals surface area contributed by atoms with Crippen molar-refractivity contribution in [3.63, 3.8) is 0 Å². The van der Waals surface area contributed by atoms with Crippen LogP contribution in [0.3, 0.4) is 0 Å². The topological polar surface area (TPSA) is 95.9 Å². The lowest BCUT2D eigenvalue weighted by atomic mass is 10.0. The second kappa shape index (κ2) is 48.6. The molecule has 0 rings (SSSR count). The molecule has 6 nitrogen and oxygen atoms in total. The van der Waals surface area contributed by atoms with Crippen molar-refractivity contribution in [1.82, 2.24) is 5.32 Å². The zero-order valence-electron chi connectivity index (χ0n) is 40.0. The Bertz CT molecular complexity index is 1280. The maximum Gasteiger partial charge on any atom is 0.306 e. The van der Waals surface area contributed by atoms with Gasteiger partial charge in [0.15, 0.2) is 0 Å². The van der Waals surface area contributed by atoms with Gasteiger partial charge in [-0.2, -0.15) is 0 Å². The molecule has 6 heteroatoms. The summed E-state index contributed by atoms with van der Waals surface area (Å²) >= 11 is 0. The second-order valence-corrected chi connectivity index (χ2v) is 16.7. The third-order valence-electron chi connectivity index (χ3n) is 10.8. The number of esters is 1.